The zero-order chi connectivity index (χ0) is 11.4. The summed E-state index contributed by atoms with van der Waals surface area (Å²) in [6.45, 7) is 0. The Kier molecular flexibility index (Phi) is 4.66. The van der Waals surface area contributed by atoms with Crippen molar-refractivity contribution in [2.75, 3.05) is 0 Å². The minimum absolute atomic E-state index is 0.366. The van der Waals surface area contributed by atoms with Crippen molar-refractivity contribution < 1.29 is 10.2 Å². The lowest BCUT2D eigenvalue weighted by Gasteiger charge is -2.35. The van der Waals surface area contributed by atoms with Crippen LogP contribution in [-0.4, -0.2) is 22.4 Å². The van der Waals surface area contributed by atoms with Crippen LogP contribution in [0.3, 0.4) is 0 Å². The smallest absolute Gasteiger partial charge is 0.0829 e. The van der Waals surface area contributed by atoms with Crippen molar-refractivity contribution in [3.8, 4) is 0 Å². The molecule has 16 heavy (non-hydrogen) atoms. The van der Waals surface area contributed by atoms with Gasteiger partial charge in [0.1, 0.15) is 0 Å². The van der Waals surface area contributed by atoms with Crippen LogP contribution < -0.4 is 0 Å². The Morgan fingerprint density at radius 2 is 0.875 bits per heavy atom. The first-order chi connectivity index (χ1) is 7.79. The second kappa shape index (κ2) is 6.02. The van der Waals surface area contributed by atoms with Gasteiger partial charge in [-0.3, -0.25) is 0 Å². The molecule has 2 aliphatic carbocycles. The molecular weight excluding hydrogens is 200 g/mol. The van der Waals surface area contributed by atoms with Gasteiger partial charge in [-0.05, 0) is 37.5 Å². The molecule has 0 aliphatic heterocycles. The van der Waals surface area contributed by atoms with Gasteiger partial charge >= 0.3 is 0 Å². The highest BCUT2D eigenvalue weighted by molar-refractivity contribution is 4.84. The number of aliphatic hydroxyl groups excluding tert-OH is 2. The third-order valence-electron chi connectivity index (χ3n) is 4.62. The summed E-state index contributed by atoms with van der Waals surface area (Å²) < 4.78 is 0. The predicted octanol–water partition coefficient (Wildman–Crippen LogP) is 2.87. The summed E-state index contributed by atoms with van der Waals surface area (Å²) >= 11 is 0. The van der Waals surface area contributed by atoms with Crippen LogP contribution in [0.25, 0.3) is 0 Å². The van der Waals surface area contributed by atoms with E-state index in [0.717, 1.165) is 25.7 Å². The van der Waals surface area contributed by atoms with Crippen molar-refractivity contribution in [1.29, 1.82) is 0 Å². The predicted molar refractivity (Wildman–Crippen MR) is 65.2 cm³/mol. The molecule has 0 aromatic rings. The van der Waals surface area contributed by atoms with E-state index >= 15 is 0 Å². The van der Waals surface area contributed by atoms with Crippen LogP contribution >= 0.6 is 0 Å². The van der Waals surface area contributed by atoms with Crippen molar-refractivity contribution in [2.45, 2.75) is 76.4 Å². The number of rotatable bonds is 3. The molecule has 2 aliphatic rings. The molecule has 0 heterocycles. The van der Waals surface area contributed by atoms with Crippen LogP contribution in [0.1, 0.15) is 64.2 Å². The minimum atomic E-state index is -0.455. The zero-order valence-corrected chi connectivity index (χ0v) is 10.3. The first kappa shape index (κ1) is 12.4. The van der Waals surface area contributed by atoms with E-state index < -0.39 is 12.2 Å². The largest absolute Gasteiger partial charge is 0.390 e. The fourth-order valence-corrected chi connectivity index (χ4v) is 3.51. The van der Waals surface area contributed by atoms with Crippen LogP contribution in [0.2, 0.25) is 0 Å². The first-order valence-corrected chi connectivity index (χ1v) is 7.15. The molecule has 2 atom stereocenters. The standard InChI is InChI=1S/C14H26O2/c15-13(11-7-3-1-4-8-11)14(16)12-9-5-2-6-10-12/h11-16H,1-10H2/t13-,14?/m0/s1. The van der Waals surface area contributed by atoms with Gasteiger partial charge in [0.2, 0.25) is 0 Å². The summed E-state index contributed by atoms with van der Waals surface area (Å²) in [6.07, 6.45) is 11.1. The van der Waals surface area contributed by atoms with Gasteiger partial charge in [0.15, 0.2) is 0 Å². The lowest BCUT2D eigenvalue weighted by atomic mass is 9.77. The first-order valence-electron chi connectivity index (χ1n) is 7.15. The van der Waals surface area contributed by atoms with Crippen LogP contribution in [0.4, 0.5) is 0 Å². The third-order valence-corrected chi connectivity index (χ3v) is 4.62. The van der Waals surface area contributed by atoms with Crippen molar-refractivity contribution in [1.82, 2.24) is 0 Å². The zero-order valence-electron chi connectivity index (χ0n) is 10.3. The molecule has 2 fully saturated rings. The molecule has 2 heteroatoms. The fourth-order valence-electron chi connectivity index (χ4n) is 3.51. The van der Waals surface area contributed by atoms with Gasteiger partial charge in [0, 0.05) is 0 Å². The topological polar surface area (TPSA) is 40.5 Å². The van der Waals surface area contributed by atoms with Gasteiger partial charge in [0.05, 0.1) is 12.2 Å². The van der Waals surface area contributed by atoms with Gasteiger partial charge in [0.25, 0.3) is 0 Å². The fraction of sp³-hybridized carbons (Fsp3) is 1.00. The summed E-state index contributed by atoms with van der Waals surface area (Å²) in [5.41, 5.74) is 0. The Bertz CT molecular complexity index is 171. The minimum Gasteiger partial charge on any atom is -0.390 e. The van der Waals surface area contributed by atoms with E-state index in [1.807, 2.05) is 0 Å². The quantitative estimate of drug-likeness (QED) is 0.777. The van der Waals surface area contributed by atoms with E-state index in [0.29, 0.717) is 11.8 Å². The molecule has 2 N–H and O–H groups in total. The summed E-state index contributed by atoms with van der Waals surface area (Å²) in [5, 5.41) is 20.5. The van der Waals surface area contributed by atoms with Crippen molar-refractivity contribution >= 4 is 0 Å². The molecule has 1 unspecified atom stereocenters. The lowest BCUT2D eigenvalue weighted by Crippen LogP contribution is -2.40. The second-order valence-electron chi connectivity index (χ2n) is 5.78. The summed E-state index contributed by atoms with van der Waals surface area (Å²) in [4.78, 5) is 0. The normalized spacial score (nSPS) is 28.9. The molecule has 94 valence electrons. The number of hydrogen-bond acceptors (Lipinski definition) is 2. The molecule has 0 radical (unpaired) electrons. The highest BCUT2D eigenvalue weighted by Gasteiger charge is 2.33. The maximum absolute atomic E-state index is 10.2. The van der Waals surface area contributed by atoms with Gasteiger partial charge in [-0.2, -0.15) is 0 Å². The average molecular weight is 226 g/mol. The molecular formula is C14H26O2. The monoisotopic (exact) mass is 226 g/mol. The van der Waals surface area contributed by atoms with E-state index in [9.17, 15) is 10.2 Å². The van der Waals surface area contributed by atoms with Crippen molar-refractivity contribution in [2.24, 2.45) is 11.8 Å². The molecule has 0 bridgehead atoms. The van der Waals surface area contributed by atoms with Crippen molar-refractivity contribution in [3.63, 3.8) is 0 Å². The Balaban J connectivity index is 1.84. The van der Waals surface area contributed by atoms with E-state index in [-0.39, 0.29) is 0 Å². The molecule has 2 nitrogen and oxygen atoms in total. The van der Waals surface area contributed by atoms with Crippen LogP contribution in [0, 0.1) is 11.8 Å². The van der Waals surface area contributed by atoms with Crippen LogP contribution in [-0.2, 0) is 0 Å². The van der Waals surface area contributed by atoms with Gasteiger partial charge in [-0.15, -0.1) is 0 Å². The van der Waals surface area contributed by atoms with Crippen LogP contribution in [0.15, 0.2) is 0 Å². The summed E-state index contributed by atoms with van der Waals surface area (Å²) in [5.74, 6) is 0.733. The number of aliphatic hydroxyl groups is 2. The molecule has 2 saturated carbocycles. The molecule has 0 aromatic carbocycles. The number of hydrogen-bond donors (Lipinski definition) is 2. The van der Waals surface area contributed by atoms with Gasteiger partial charge < -0.3 is 10.2 Å². The molecule has 0 amide bonds. The van der Waals surface area contributed by atoms with E-state index in [1.165, 1.54) is 38.5 Å². The second-order valence-corrected chi connectivity index (χ2v) is 5.78. The van der Waals surface area contributed by atoms with E-state index in [1.54, 1.807) is 0 Å². The molecule has 0 saturated heterocycles. The lowest BCUT2D eigenvalue weighted by molar-refractivity contribution is -0.0623. The SMILES string of the molecule is OC(C1CCCCC1)[C@@H](O)C1CCCCC1. The summed E-state index contributed by atoms with van der Waals surface area (Å²) in [7, 11) is 0. The third kappa shape index (κ3) is 2.98. The molecule has 0 aromatic heterocycles. The maximum atomic E-state index is 10.2. The molecule has 0 spiro atoms. The highest BCUT2D eigenvalue weighted by atomic mass is 16.3. The van der Waals surface area contributed by atoms with Crippen molar-refractivity contribution in [3.05, 3.63) is 0 Å². The van der Waals surface area contributed by atoms with Gasteiger partial charge in [-0.25, -0.2) is 0 Å². The maximum Gasteiger partial charge on any atom is 0.0829 e. The Hall–Kier alpha value is -0.0800. The van der Waals surface area contributed by atoms with E-state index in [2.05, 4.69) is 0 Å². The van der Waals surface area contributed by atoms with Gasteiger partial charge in [-0.1, -0.05) is 38.5 Å². The Labute approximate surface area is 99.1 Å². The Morgan fingerprint density at radius 3 is 1.19 bits per heavy atom. The van der Waals surface area contributed by atoms with E-state index in [4.69, 9.17) is 0 Å². The summed E-state index contributed by atoms with van der Waals surface area (Å²) in [6, 6.07) is 0. The average Bonchev–Trinajstić information content (AvgIpc) is 2.39. The Morgan fingerprint density at radius 1 is 0.562 bits per heavy atom. The highest BCUT2D eigenvalue weighted by Crippen LogP contribution is 2.33. The molecule has 2 rings (SSSR count). The van der Waals surface area contributed by atoms with Crippen LogP contribution in [0.5, 0.6) is 0 Å².